The lowest BCUT2D eigenvalue weighted by Crippen LogP contribution is -2.05. The molecule has 0 spiro atoms. The van der Waals surface area contributed by atoms with Crippen molar-refractivity contribution in [2.45, 2.75) is 24.5 Å². The van der Waals surface area contributed by atoms with Crippen LogP contribution in [0.25, 0.3) is 0 Å². The van der Waals surface area contributed by atoms with Crippen molar-refractivity contribution < 1.29 is 4.74 Å². The predicted molar refractivity (Wildman–Crippen MR) is 57.7 cm³/mol. The standard InChI is InChI=1S/C11H14OS/c1-12-9-6-5-8-3-2-4-11(13)10(8)7-9/h5-7,11,13H,2-4H2,1H3. The van der Waals surface area contributed by atoms with Gasteiger partial charge in [-0.15, -0.1) is 0 Å². The van der Waals surface area contributed by atoms with Crippen LogP contribution in [0.4, 0.5) is 0 Å². The maximum atomic E-state index is 5.19. The highest BCUT2D eigenvalue weighted by Crippen LogP contribution is 2.35. The first-order valence-corrected chi connectivity index (χ1v) is 5.18. The van der Waals surface area contributed by atoms with Gasteiger partial charge in [-0.25, -0.2) is 0 Å². The Hall–Kier alpha value is -0.630. The van der Waals surface area contributed by atoms with Crippen molar-refractivity contribution in [3.05, 3.63) is 29.3 Å². The molecule has 0 aliphatic heterocycles. The van der Waals surface area contributed by atoms with Crippen molar-refractivity contribution in [3.63, 3.8) is 0 Å². The summed E-state index contributed by atoms with van der Waals surface area (Å²) in [5.74, 6) is 0.944. The van der Waals surface area contributed by atoms with Gasteiger partial charge in [-0.3, -0.25) is 0 Å². The minimum absolute atomic E-state index is 0.402. The average Bonchev–Trinajstić information content (AvgIpc) is 2.18. The molecule has 0 heterocycles. The zero-order valence-electron chi connectivity index (χ0n) is 7.79. The van der Waals surface area contributed by atoms with Gasteiger partial charge in [0.15, 0.2) is 0 Å². The predicted octanol–water partition coefficient (Wildman–Crippen LogP) is 3.00. The smallest absolute Gasteiger partial charge is 0.119 e. The molecule has 1 aromatic carbocycles. The van der Waals surface area contributed by atoms with Gasteiger partial charge in [0.2, 0.25) is 0 Å². The molecule has 70 valence electrons. The highest BCUT2D eigenvalue weighted by Gasteiger charge is 2.17. The summed E-state index contributed by atoms with van der Waals surface area (Å²) in [6, 6.07) is 6.31. The molecule has 0 bridgehead atoms. The number of methoxy groups -OCH3 is 1. The van der Waals surface area contributed by atoms with E-state index in [2.05, 4.69) is 24.8 Å². The number of rotatable bonds is 1. The minimum atomic E-state index is 0.402. The zero-order valence-corrected chi connectivity index (χ0v) is 8.68. The van der Waals surface area contributed by atoms with E-state index in [1.807, 2.05) is 6.07 Å². The molecule has 0 radical (unpaired) electrons. The molecule has 1 atom stereocenters. The zero-order chi connectivity index (χ0) is 9.26. The van der Waals surface area contributed by atoms with Gasteiger partial charge >= 0.3 is 0 Å². The summed E-state index contributed by atoms with van der Waals surface area (Å²) in [6.07, 6.45) is 3.63. The van der Waals surface area contributed by atoms with Crippen LogP contribution in [-0.4, -0.2) is 7.11 Å². The average molecular weight is 194 g/mol. The second-order valence-electron chi connectivity index (χ2n) is 3.47. The molecule has 2 heteroatoms. The normalized spacial score (nSPS) is 20.9. The molecule has 0 N–H and O–H groups in total. The van der Waals surface area contributed by atoms with Crippen molar-refractivity contribution in [2.24, 2.45) is 0 Å². The fourth-order valence-corrected chi connectivity index (χ4v) is 2.30. The molecule has 0 saturated carbocycles. The van der Waals surface area contributed by atoms with Gasteiger partial charge in [-0.2, -0.15) is 12.6 Å². The third kappa shape index (κ3) is 1.68. The van der Waals surface area contributed by atoms with Gasteiger partial charge < -0.3 is 4.74 Å². The second-order valence-corrected chi connectivity index (χ2v) is 4.10. The number of ether oxygens (including phenoxy) is 1. The Bertz CT molecular complexity index is 309. The SMILES string of the molecule is COc1ccc2c(c1)C(S)CCC2. The molecule has 13 heavy (non-hydrogen) atoms. The lowest BCUT2D eigenvalue weighted by Gasteiger charge is -2.21. The van der Waals surface area contributed by atoms with Gasteiger partial charge in [-0.1, -0.05) is 6.07 Å². The first-order chi connectivity index (χ1) is 6.31. The molecule has 1 aliphatic rings. The summed E-state index contributed by atoms with van der Waals surface area (Å²) in [5.41, 5.74) is 2.79. The quantitative estimate of drug-likeness (QED) is 0.676. The second kappa shape index (κ2) is 3.62. The molecule has 2 rings (SSSR count). The largest absolute Gasteiger partial charge is 0.497 e. The number of fused-ring (bicyclic) bond motifs is 1. The monoisotopic (exact) mass is 194 g/mol. The van der Waals surface area contributed by atoms with Gasteiger partial charge in [0.1, 0.15) is 5.75 Å². The Kier molecular flexibility index (Phi) is 2.49. The first kappa shape index (κ1) is 8.95. The topological polar surface area (TPSA) is 9.23 Å². The van der Waals surface area contributed by atoms with Gasteiger partial charge in [-0.05, 0) is 42.5 Å². The highest BCUT2D eigenvalue weighted by molar-refractivity contribution is 7.80. The van der Waals surface area contributed by atoms with Crippen LogP contribution in [0.3, 0.4) is 0 Å². The maximum absolute atomic E-state index is 5.19. The van der Waals surface area contributed by atoms with E-state index in [0.717, 1.165) is 5.75 Å². The lowest BCUT2D eigenvalue weighted by atomic mass is 9.91. The fraction of sp³-hybridized carbons (Fsp3) is 0.455. The third-order valence-electron chi connectivity index (χ3n) is 2.64. The summed E-state index contributed by atoms with van der Waals surface area (Å²) in [4.78, 5) is 0. The summed E-state index contributed by atoms with van der Waals surface area (Å²) in [7, 11) is 1.71. The van der Waals surface area contributed by atoms with E-state index in [-0.39, 0.29) is 0 Å². The van der Waals surface area contributed by atoms with Crippen molar-refractivity contribution >= 4 is 12.6 Å². The Morgan fingerprint density at radius 3 is 3.08 bits per heavy atom. The van der Waals surface area contributed by atoms with E-state index in [9.17, 15) is 0 Å². The van der Waals surface area contributed by atoms with Crippen LogP contribution >= 0.6 is 12.6 Å². The Morgan fingerprint density at radius 1 is 1.46 bits per heavy atom. The van der Waals surface area contributed by atoms with Crippen LogP contribution in [0, 0.1) is 0 Å². The van der Waals surface area contributed by atoms with E-state index >= 15 is 0 Å². The molecule has 1 aliphatic carbocycles. The molecule has 0 fully saturated rings. The van der Waals surface area contributed by atoms with Crippen molar-refractivity contribution in [1.29, 1.82) is 0 Å². The highest BCUT2D eigenvalue weighted by atomic mass is 32.1. The summed E-state index contributed by atoms with van der Waals surface area (Å²) in [6.45, 7) is 0. The van der Waals surface area contributed by atoms with Crippen molar-refractivity contribution in [2.75, 3.05) is 7.11 Å². The van der Waals surface area contributed by atoms with E-state index in [4.69, 9.17) is 4.74 Å². The third-order valence-corrected chi connectivity index (χ3v) is 3.17. The van der Waals surface area contributed by atoms with Crippen LogP contribution < -0.4 is 4.74 Å². The van der Waals surface area contributed by atoms with Crippen LogP contribution in [0.1, 0.15) is 29.2 Å². The van der Waals surface area contributed by atoms with Crippen LogP contribution in [-0.2, 0) is 6.42 Å². The molecular formula is C11H14OS. The lowest BCUT2D eigenvalue weighted by molar-refractivity contribution is 0.413. The van der Waals surface area contributed by atoms with Crippen LogP contribution in [0.15, 0.2) is 18.2 Å². The number of hydrogen-bond acceptors (Lipinski definition) is 2. The number of hydrogen-bond donors (Lipinski definition) is 1. The Labute approximate surface area is 84.5 Å². The van der Waals surface area contributed by atoms with Gasteiger partial charge in [0.25, 0.3) is 0 Å². The number of benzene rings is 1. The van der Waals surface area contributed by atoms with E-state index < -0.39 is 0 Å². The van der Waals surface area contributed by atoms with Crippen LogP contribution in [0.5, 0.6) is 5.75 Å². The molecule has 1 aromatic rings. The molecule has 1 unspecified atom stereocenters. The summed E-state index contributed by atoms with van der Waals surface area (Å²) in [5, 5.41) is 0.402. The number of aryl methyl sites for hydroxylation is 1. The van der Waals surface area contributed by atoms with Gasteiger partial charge in [0, 0.05) is 5.25 Å². The minimum Gasteiger partial charge on any atom is -0.497 e. The molecule has 0 saturated heterocycles. The molecule has 0 amide bonds. The Morgan fingerprint density at radius 2 is 2.31 bits per heavy atom. The van der Waals surface area contributed by atoms with E-state index in [0.29, 0.717) is 5.25 Å². The molecular weight excluding hydrogens is 180 g/mol. The van der Waals surface area contributed by atoms with Crippen molar-refractivity contribution in [1.82, 2.24) is 0 Å². The van der Waals surface area contributed by atoms with Crippen LogP contribution in [0.2, 0.25) is 0 Å². The van der Waals surface area contributed by atoms with Crippen molar-refractivity contribution in [3.8, 4) is 5.75 Å². The summed E-state index contributed by atoms with van der Waals surface area (Å²) < 4.78 is 5.19. The molecule has 0 aromatic heterocycles. The molecule has 1 nitrogen and oxygen atoms in total. The van der Waals surface area contributed by atoms with E-state index in [1.165, 1.54) is 30.4 Å². The number of thiol groups is 1. The van der Waals surface area contributed by atoms with Gasteiger partial charge in [0.05, 0.1) is 7.11 Å². The summed E-state index contributed by atoms with van der Waals surface area (Å²) >= 11 is 4.57. The fourth-order valence-electron chi connectivity index (χ4n) is 1.88. The first-order valence-electron chi connectivity index (χ1n) is 4.66. The maximum Gasteiger partial charge on any atom is 0.119 e. The van der Waals surface area contributed by atoms with E-state index in [1.54, 1.807) is 7.11 Å². The Balaban J connectivity index is 2.41.